The highest BCUT2D eigenvalue weighted by Gasteiger charge is 2.22. The predicted molar refractivity (Wildman–Crippen MR) is 58.8 cm³/mol. The third-order valence-electron chi connectivity index (χ3n) is 2.81. The first-order chi connectivity index (χ1) is 8.13. The molecule has 1 aliphatic carbocycles. The zero-order chi connectivity index (χ0) is 12.4. The highest BCUT2D eigenvalue weighted by molar-refractivity contribution is 5.84. The highest BCUT2D eigenvalue weighted by atomic mass is 16.4. The molecule has 0 amide bonds. The molecule has 1 aromatic heterocycles. The Labute approximate surface area is 96.9 Å². The highest BCUT2D eigenvalue weighted by Crippen LogP contribution is 2.25. The molecule has 0 spiro atoms. The lowest BCUT2D eigenvalue weighted by atomic mass is 10.1. The van der Waals surface area contributed by atoms with Crippen LogP contribution in [-0.2, 0) is 0 Å². The third-order valence-corrected chi connectivity index (χ3v) is 2.81. The van der Waals surface area contributed by atoms with Gasteiger partial charge in [-0.3, -0.25) is 4.79 Å². The number of aromatic carboxylic acids is 1. The van der Waals surface area contributed by atoms with Gasteiger partial charge in [-0.2, -0.15) is 0 Å². The molecule has 2 N–H and O–H groups in total. The van der Waals surface area contributed by atoms with Crippen molar-refractivity contribution in [3.8, 4) is 0 Å². The van der Waals surface area contributed by atoms with Crippen LogP contribution < -0.4 is 5.56 Å². The minimum Gasteiger partial charge on any atom is -0.476 e. The van der Waals surface area contributed by atoms with Gasteiger partial charge in [0.1, 0.15) is 0 Å². The van der Waals surface area contributed by atoms with Gasteiger partial charge in [0.15, 0.2) is 0 Å². The van der Waals surface area contributed by atoms with Gasteiger partial charge in [-0.1, -0.05) is 12.2 Å². The van der Waals surface area contributed by atoms with Crippen molar-refractivity contribution in [2.24, 2.45) is 5.92 Å². The molecule has 1 aromatic rings. The van der Waals surface area contributed by atoms with E-state index in [1.54, 1.807) is 6.08 Å². The van der Waals surface area contributed by atoms with Crippen LogP contribution in [0.15, 0.2) is 29.3 Å². The summed E-state index contributed by atoms with van der Waals surface area (Å²) in [5, 5.41) is 17.8. The van der Waals surface area contributed by atoms with E-state index in [0.717, 1.165) is 0 Å². The fourth-order valence-corrected chi connectivity index (χ4v) is 1.93. The van der Waals surface area contributed by atoms with Gasteiger partial charge in [-0.05, 0) is 6.42 Å². The number of hydrogen-bond acceptors (Lipinski definition) is 4. The fourth-order valence-electron chi connectivity index (χ4n) is 1.93. The van der Waals surface area contributed by atoms with E-state index in [2.05, 4.69) is 4.98 Å². The molecule has 0 saturated heterocycles. The van der Waals surface area contributed by atoms with E-state index in [4.69, 9.17) is 10.2 Å². The molecule has 0 radical (unpaired) electrons. The number of carboxylic acid groups (broad SMARTS) is 1. The number of carboxylic acids is 1. The van der Waals surface area contributed by atoms with Crippen LogP contribution in [0.25, 0.3) is 0 Å². The number of aromatic nitrogens is 2. The van der Waals surface area contributed by atoms with Gasteiger partial charge in [0.05, 0.1) is 6.04 Å². The molecule has 1 aliphatic rings. The summed E-state index contributed by atoms with van der Waals surface area (Å²) in [7, 11) is 0. The fraction of sp³-hybridized carbons (Fsp3) is 0.364. The van der Waals surface area contributed by atoms with Crippen LogP contribution in [0.1, 0.15) is 23.0 Å². The number of aliphatic hydroxyl groups is 1. The van der Waals surface area contributed by atoms with E-state index in [1.165, 1.54) is 17.0 Å². The van der Waals surface area contributed by atoms with Crippen LogP contribution in [0.2, 0.25) is 0 Å². The maximum Gasteiger partial charge on any atom is 0.360 e. The predicted octanol–water partition coefficient (Wildman–Crippen LogP) is 0.0510. The van der Waals surface area contributed by atoms with E-state index >= 15 is 0 Å². The Hall–Kier alpha value is -1.95. The van der Waals surface area contributed by atoms with E-state index in [9.17, 15) is 9.59 Å². The van der Waals surface area contributed by atoms with Crippen molar-refractivity contribution < 1.29 is 15.0 Å². The summed E-state index contributed by atoms with van der Waals surface area (Å²) in [6, 6.07) is -0.208. The Morgan fingerprint density at radius 2 is 2.29 bits per heavy atom. The van der Waals surface area contributed by atoms with Crippen molar-refractivity contribution in [1.82, 2.24) is 9.55 Å². The number of carbonyl (C=O) groups is 1. The molecule has 0 aromatic carbocycles. The molecule has 17 heavy (non-hydrogen) atoms. The maximum atomic E-state index is 11.8. The van der Waals surface area contributed by atoms with Crippen molar-refractivity contribution in [1.29, 1.82) is 0 Å². The lowest BCUT2D eigenvalue weighted by Gasteiger charge is -2.13. The summed E-state index contributed by atoms with van der Waals surface area (Å²) in [6.07, 6.45) is 6.99. The maximum absolute atomic E-state index is 11.8. The number of hydrogen-bond donors (Lipinski definition) is 2. The molecular formula is C11H12N2O4. The van der Waals surface area contributed by atoms with Crippen LogP contribution in [0.5, 0.6) is 0 Å². The van der Waals surface area contributed by atoms with Crippen LogP contribution in [0.3, 0.4) is 0 Å². The molecular weight excluding hydrogens is 224 g/mol. The van der Waals surface area contributed by atoms with Crippen LogP contribution >= 0.6 is 0 Å². The monoisotopic (exact) mass is 236 g/mol. The van der Waals surface area contributed by atoms with Gasteiger partial charge >= 0.3 is 5.97 Å². The molecule has 0 bridgehead atoms. The van der Waals surface area contributed by atoms with E-state index in [-0.39, 0.29) is 18.6 Å². The van der Waals surface area contributed by atoms with E-state index < -0.39 is 17.2 Å². The minimum absolute atomic E-state index is 0.0216. The molecule has 1 heterocycles. The second-order valence-electron chi connectivity index (χ2n) is 3.92. The SMILES string of the molecule is O=C(O)c1nccn(C2C=CC(CO)C2)c1=O. The Kier molecular flexibility index (Phi) is 3.06. The minimum atomic E-state index is -1.33. The number of nitrogens with zero attached hydrogens (tertiary/aromatic N) is 2. The zero-order valence-corrected chi connectivity index (χ0v) is 8.98. The Balaban J connectivity index is 2.35. The summed E-state index contributed by atoms with van der Waals surface area (Å²) < 4.78 is 1.34. The average molecular weight is 236 g/mol. The standard InChI is InChI=1S/C11H12N2O4/c14-6-7-1-2-8(5-7)13-4-3-12-9(10(13)15)11(16)17/h1-4,7-8,14H,5-6H2,(H,16,17). The zero-order valence-electron chi connectivity index (χ0n) is 8.98. The van der Waals surface area contributed by atoms with E-state index in [0.29, 0.717) is 6.42 Å². The largest absolute Gasteiger partial charge is 0.476 e. The van der Waals surface area contributed by atoms with Crippen LogP contribution in [0.4, 0.5) is 0 Å². The van der Waals surface area contributed by atoms with Crippen molar-refractivity contribution in [2.75, 3.05) is 6.61 Å². The van der Waals surface area contributed by atoms with Gasteiger partial charge in [0.25, 0.3) is 5.56 Å². The topological polar surface area (TPSA) is 92.4 Å². The van der Waals surface area contributed by atoms with Crippen molar-refractivity contribution in [3.05, 3.63) is 40.6 Å². The van der Waals surface area contributed by atoms with Crippen molar-refractivity contribution in [2.45, 2.75) is 12.5 Å². The number of aliphatic hydroxyl groups excluding tert-OH is 1. The summed E-state index contributed by atoms with van der Waals surface area (Å²) in [6.45, 7) is 0.0264. The molecule has 0 fully saturated rings. The summed E-state index contributed by atoms with van der Waals surface area (Å²) in [5.74, 6) is -1.31. The first kappa shape index (κ1) is 11.5. The van der Waals surface area contributed by atoms with Gasteiger partial charge in [-0.15, -0.1) is 0 Å². The molecule has 2 atom stereocenters. The second kappa shape index (κ2) is 4.50. The Bertz CT molecular complexity index is 520. The molecule has 6 nitrogen and oxygen atoms in total. The van der Waals surface area contributed by atoms with E-state index in [1.807, 2.05) is 6.08 Å². The molecule has 2 unspecified atom stereocenters. The Morgan fingerprint density at radius 1 is 1.53 bits per heavy atom. The number of rotatable bonds is 3. The van der Waals surface area contributed by atoms with Gasteiger partial charge in [-0.25, -0.2) is 9.78 Å². The summed E-state index contributed by atoms with van der Waals surface area (Å²) in [5.41, 5.74) is -1.10. The summed E-state index contributed by atoms with van der Waals surface area (Å²) in [4.78, 5) is 26.1. The lowest BCUT2D eigenvalue weighted by Crippen LogP contribution is -2.29. The van der Waals surface area contributed by atoms with Gasteiger partial charge < -0.3 is 14.8 Å². The first-order valence-electron chi connectivity index (χ1n) is 5.23. The van der Waals surface area contributed by atoms with Crippen molar-refractivity contribution >= 4 is 5.97 Å². The second-order valence-corrected chi connectivity index (χ2v) is 3.92. The van der Waals surface area contributed by atoms with Crippen LogP contribution in [0, 0.1) is 5.92 Å². The number of allylic oxidation sites excluding steroid dienone is 1. The summed E-state index contributed by atoms with van der Waals surface area (Å²) >= 11 is 0. The lowest BCUT2D eigenvalue weighted by molar-refractivity contribution is 0.0687. The molecule has 0 saturated carbocycles. The molecule has 90 valence electrons. The van der Waals surface area contributed by atoms with Gasteiger partial charge in [0.2, 0.25) is 5.69 Å². The van der Waals surface area contributed by atoms with Crippen LogP contribution in [-0.4, -0.2) is 32.3 Å². The van der Waals surface area contributed by atoms with Gasteiger partial charge in [0, 0.05) is 24.9 Å². The quantitative estimate of drug-likeness (QED) is 0.723. The van der Waals surface area contributed by atoms with Crippen molar-refractivity contribution in [3.63, 3.8) is 0 Å². The normalized spacial score (nSPS) is 22.9. The first-order valence-corrected chi connectivity index (χ1v) is 5.23. The third kappa shape index (κ3) is 2.12. The molecule has 0 aliphatic heterocycles. The molecule has 6 heteroatoms. The average Bonchev–Trinajstić information content (AvgIpc) is 2.77. The Morgan fingerprint density at radius 3 is 2.88 bits per heavy atom. The smallest absolute Gasteiger partial charge is 0.360 e. The molecule has 2 rings (SSSR count).